The van der Waals surface area contributed by atoms with Crippen molar-refractivity contribution < 1.29 is 9.47 Å². The van der Waals surface area contributed by atoms with E-state index >= 15 is 0 Å². The number of rotatable bonds is 5. The zero-order valence-electron chi connectivity index (χ0n) is 15.0. The Balaban J connectivity index is 1.96. The van der Waals surface area contributed by atoms with Crippen LogP contribution in [0.25, 0.3) is 28.0 Å². The number of methoxy groups -OCH3 is 2. The Kier molecular flexibility index (Phi) is 4.92. The molecule has 6 heteroatoms. The molecule has 2 heterocycles. The van der Waals surface area contributed by atoms with E-state index in [9.17, 15) is 0 Å². The fraction of sp³-hybridized carbons (Fsp3) is 0.143. The highest BCUT2D eigenvalue weighted by atomic mass is 79.9. The van der Waals surface area contributed by atoms with Gasteiger partial charge in [0.2, 0.25) is 0 Å². The van der Waals surface area contributed by atoms with Gasteiger partial charge < -0.3 is 9.47 Å². The summed E-state index contributed by atoms with van der Waals surface area (Å²) in [6.45, 7) is 0.409. The van der Waals surface area contributed by atoms with Crippen molar-refractivity contribution in [2.24, 2.45) is 0 Å². The van der Waals surface area contributed by atoms with Gasteiger partial charge in [-0.25, -0.2) is 9.50 Å². The van der Waals surface area contributed by atoms with Crippen LogP contribution in [0.2, 0.25) is 0 Å². The molecule has 0 aliphatic carbocycles. The van der Waals surface area contributed by atoms with E-state index in [1.54, 1.807) is 14.2 Å². The van der Waals surface area contributed by atoms with Gasteiger partial charge in [-0.2, -0.15) is 5.10 Å². The summed E-state index contributed by atoms with van der Waals surface area (Å²) in [5.41, 5.74) is 5.63. The molecule has 27 heavy (non-hydrogen) atoms. The van der Waals surface area contributed by atoms with Crippen molar-refractivity contribution >= 4 is 21.6 Å². The van der Waals surface area contributed by atoms with Gasteiger partial charge >= 0.3 is 0 Å². The van der Waals surface area contributed by atoms with Gasteiger partial charge in [-0.1, -0.05) is 40.2 Å². The van der Waals surface area contributed by atoms with Crippen molar-refractivity contribution in [3.05, 3.63) is 71.0 Å². The largest absolute Gasteiger partial charge is 0.497 e. The molecule has 4 rings (SSSR count). The summed E-state index contributed by atoms with van der Waals surface area (Å²) in [7, 11) is 3.34. The van der Waals surface area contributed by atoms with Gasteiger partial charge in [0.1, 0.15) is 5.75 Å². The van der Waals surface area contributed by atoms with Crippen LogP contribution >= 0.6 is 15.9 Å². The number of hydrogen-bond acceptors (Lipinski definition) is 4. The molecule has 0 amide bonds. The van der Waals surface area contributed by atoms with Gasteiger partial charge in [-0.3, -0.25) is 0 Å². The number of aromatic nitrogens is 3. The highest BCUT2D eigenvalue weighted by Crippen LogP contribution is 2.32. The van der Waals surface area contributed by atoms with Crippen LogP contribution in [-0.4, -0.2) is 28.8 Å². The second kappa shape index (κ2) is 7.50. The number of nitrogens with zero attached hydrogens (tertiary/aromatic N) is 3. The zero-order valence-corrected chi connectivity index (χ0v) is 16.6. The summed E-state index contributed by atoms with van der Waals surface area (Å²) in [4.78, 5) is 4.61. The Bertz CT molecular complexity index is 1090. The third kappa shape index (κ3) is 3.34. The van der Waals surface area contributed by atoms with Crippen molar-refractivity contribution in [1.82, 2.24) is 14.6 Å². The standard InChI is InChI=1S/C21H18BrN3O2/c1-26-13-18-20(14-6-8-16(22)9-7-14)21-23-11-10-19(25(21)24-18)15-4-3-5-17(12-15)27-2/h3-12H,13H2,1-2H3. The SMILES string of the molecule is COCc1nn2c(-c3cccc(OC)c3)ccnc2c1-c1ccc(Br)cc1. The summed E-state index contributed by atoms with van der Waals surface area (Å²) in [5, 5.41) is 4.81. The first kappa shape index (κ1) is 17.7. The smallest absolute Gasteiger partial charge is 0.163 e. The van der Waals surface area contributed by atoms with E-state index < -0.39 is 0 Å². The molecule has 4 aromatic rings. The van der Waals surface area contributed by atoms with Crippen LogP contribution in [0.15, 0.2) is 65.3 Å². The van der Waals surface area contributed by atoms with Crippen molar-refractivity contribution in [3.8, 4) is 28.1 Å². The van der Waals surface area contributed by atoms with Gasteiger partial charge in [-0.15, -0.1) is 0 Å². The molecule has 0 saturated carbocycles. The molecular formula is C21H18BrN3O2. The highest BCUT2D eigenvalue weighted by molar-refractivity contribution is 9.10. The monoisotopic (exact) mass is 423 g/mol. The van der Waals surface area contributed by atoms with Crippen molar-refractivity contribution in [3.63, 3.8) is 0 Å². The molecule has 0 fully saturated rings. The summed E-state index contributed by atoms with van der Waals surface area (Å²) >= 11 is 3.49. The van der Waals surface area contributed by atoms with Gasteiger partial charge in [0.05, 0.1) is 30.7 Å². The molecular weight excluding hydrogens is 406 g/mol. The minimum atomic E-state index is 0.409. The molecule has 2 aromatic carbocycles. The lowest BCUT2D eigenvalue weighted by Crippen LogP contribution is -1.97. The minimum absolute atomic E-state index is 0.409. The van der Waals surface area contributed by atoms with E-state index in [4.69, 9.17) is 14.6 Å². The number of halogens is 1. The van der Waals surface area contributed by atoms with E-state index in [0.29, 0.717) is 6.61 Å². The van der Waals surface area contributed by atoms with Crippen molar-refractivity contribution in [2.45, 2.75) is 6.61 Å². The normalized spacial score (nSPS) is 11.1. The summed E-state index contributed by atoms with van der Waals surface area (Å²) in [5.74, 6) is 0.801. The molecule has 0 spiro atoms. The third-order valence-corrected chi connectivity index (χ3v) is 4.90. The van der Waals surface area contributed by atoms with Crippen LogP contribution in [0.5, 0.6) is 5.75 Å². The fourth-order valence-corrected chi connectivity index (χ4v) is 3.40. The molecule has 0 radical (unpaired) electrons. The van der Waals surface area contributed by atoms with Crippen LogP contribution < -0.4 is 4.74 Å². The molecule has 5 nitrogen and oxygen atoms in total. The Morgan fingerprint density at radius 3 is 2.56 bits per heavy atom. The summed E-state index contributed by atoms with van der Waals surface area (Å²) in [6, 6.07) is 18.0. The first-order chi connectivity index (χ1) is 13.2. The lowest BCUT2D eigenvalue weighted by Gasteiger charge is -2.07. The number of hydrogen-bond donors (Lipinski definition) is 0. The predicted molar refractivity (Wildman–Crippen MR) is 109 cm³/mol. The number of benzene rings is 2. The van der Waals surface area contributed by atoms with Crippen LogP contribution in [0.4, 0.5) is 0 Å². The maximum Gasteiger partial charge on any atom is 0.163 e. The lowest BCUT2D eigenvalue weighted by molar-refractivity contribution is 0.181. The Morgan fingerprint density at radius 1 is 1.00 bits per heavy atom. The first-order valence-electron chi connectivity index (χ1n) is 8.47. The van der Waals surface area contributed by atoms with Crippen LogP contribution in [0.1, 0.15) is 5.69 Å². The van der Waals surface area contributed by atoms with E-state index in [0.717, 1.165) is 43.9 Å². The van der Waals surface area contributed by atoms with Gasteiger partial charge in [0, 0.05) is 23.3 Å². The van der Waals surface area contributed by atoms with E-state index in [1.165, 1.54) is 0 Å². The molecule has 0 unspecified atom stereocenters. The Labute approximate surface area is 165 Å². The Hall–Kier alpha value is -2.70. The topological polar surface area (TPSA) is 48.7 Å². The molecule has 136 valence electrons. The highest BCUT2D eigenvalue weighted by Gasteiger charge is 2.18. The predicted octanol–water partition coefficient (Wildman–Crippen LogP) is 4.98. The summed E-state index contributed by atoms with van der Waals surface area (Å²) in [6.07, 6.45) is 1.81. The molecule has 0 aliphatic heterocycles. The average molecular weight is 424 g/mol. The van der Waals surface area contributed by atoms with Crippen LogP contribution in [0.3, 0.4) is 0 Å². The quantitative estimate of drug-likeness (QED) is 0.454. The van der Waals surface area contributed by atoms with E-state index in [2.05, 4.69) is 33.0 Å². The van der Waals surface area contributed by atoms with Gasteiger partial charge in [0.25, 0.3) is 0 Å². The maximum absolute atomic E-state index is 5.39. The van der Waals surface area contributed by atoms with Crippen molar-refractivity contribution in [1.29, 1.82) is 0 Å². The zero-order chi connectivity index (χ0) is 18.8. The van der Waals surface area contributed by atoms with Crippen LogP contribution in [0, 0.1) is 0 Å². The van der Waals surface area contributed by atoms with Gasteiger partial charge in [0.15, 0.2) is 5.65 Å². The molecule has 2 aromatic heterocycles. The fourth-order valence-electron chi connectivity index (χ4n) is 3.14. The first-order valence-corrected chi connectivity index (χ1v) is 9.26. The molecule has 0 atom stereocenters. The third-order valence-electron chi connectivity index (χ3n) is 4.37. The maximum atomic E-state index is 5.39. The Morgan fingerprint density at radius 2 is 1.81 bits per heavy atom. The second-order valence-electron chi connectivity index (χ2n) is 6.06. The molecule has 0 bridgehead atoms. The van der Waals surface area contributed by atoms with Gasteiger partial charge in [-0.05, 0) is 35.9 Å². The minimum Gasteiger partial charge on any atom is -0.497 e. The second-order valence-corrected chi connectivity index (χ2v) is 6.97. The number of ether oxygens (including phenoxy) is 2. The summed E-state index contributed by atoms with van der Waals surface area (Å²) < 4.78 is 13.7. The molecule has 0 aliphatic rings. The van der Waals surface area contributed by atoms with E-state index in [-0.39, 0.29) is 0 Å². The van der Waals surface area contributed by atoms with Crippen LogP contribution in [-0.2, 0) is 11.3 Å². The number of fused-ring (bicyclic) bond motifs is 1. The van der Waals surface area contributed by atoms with Crippen molar-refractivity contribution in [2.75, 3.05) is 14.2 Å². The lowest BCUT2D eigenvalue weighted by atomic mass is 10.1. The molecule has 0 saturated heterocycles. The average Bonchev–Trinajstić information content (AvgIpc) is 3.07. The van der Waals surface area contributed by atoms with E-state index in [1.807, 2.05) is 53.2 Å². The molecule has 0 N–H and O–H groups in total.